The van der Waals surface area contributed by atoms with E-state index in [1.165, 1.54) is 23.5 Å². The van der Waals surface area contributed by atoms with Gasteiger partial charge in [0.05, 0.1) is 10.2 Å². The van der Waals surface area contributed by atoms with Crippen molar-refractivity contribution >= 4 is 27.4 Å². The van der Waals surface area contributed by atoms with Crippen molar-refractivity contribution in [3.8, 4) is 5.13 Å². The Hall–Kier alpha value is -1.95. The van der Waals surface area contributed by atoms with Crippen LogP contribution in [0.15, 0.2) is 30.5 Å². The quantitative estimate of drug-likeness (QED) is 0.702. The van der Waals surface area contributed by atoms with Gasteiger partial charge in [-0.2, -0.15) is 0 Å². The molecule has 2 heterocycles. The molecule has 3 aromatic rings. The Bertz CT molecular complexity index is 658. The number of anilines is 1. The van der Waals surface area contributed by atoms with Crippen LogP contribution in [0.1, 0.15) is 0 Å². The molecule has 0 unspecified atom stereocenters. The lowest BCUT2D eigenvalue weighted by Crippen LogP contribution is -1.94. The normalized spacial score (nSPS) is 11.1. The van der Waals surface area contributed by atoms with Gasteiger partial charge in [0, 0.05) is 12.3 Å². The minimum Gasteiger partial charge on any atom is -0.382 e. The Balaban J connectivity index is 2.18. The molecule has 0 radical (unpaired) electrons. The SMILES string of the molecule is Nc1ccn(-c2nc3ccc(F)cc3s2)n1. The summed E-state index contributed by atoms with van der Waals surface area (Å²) in [5.41, 5.74) is 6.28. The second-order valence-electron chi connectivity index (χ2n) is 3.29. The first-order valence-corrected chi connectivity index (χ1v) is 5.42. The predicted octanol–water partition coefficient (Wildman–Crippen LogP) is 2.20. The summed E-state index contributed by atoms with van der Waals surface area (Å²) in [6.07, 6.45) is 1.73. The average molecular weight is 234 g/mol. The molecule has 80 valence electrons. The van der Waals surface area contributed by atoms with E-state index in [1.54, 1.807) is 23.0 Å². The zero-order chi connectivity index (χ0) is 11.1. The fourth-order valence-corrected chi connectivity index (χ4v) is 2.35. The molecule has 1 aromatic carbocycles. The van der Waals surface area contributed by atoms with Gasteiger partial charge in [-0.25, -0.2) is 14.1 Å². The topological polar surface area (TPSA) is 56.7 Å². The zero-order valence-corrected chi connectivity index (χ0v) is 8.91. The number of benzene rings is 1. The highest BCUT2D eigenvalue weighted by atomic mass is 32.1. The van der Waals surface area contributed by atoms with Crippen molar-refractivity contribution in [3.05, 3.63) is 36.3 Å². The van der Waals surface area contributed by atoms with Crippen LogP contribution in [0.2, 0.25) is 0 Å². The minimum atomic E-state index is -0.261. The smallest absolute Gasteiger partial charge is 0.211 e. The lowest BCUT2D eigenvalue weighted by molar-refractivity contribution is 0.630. The van der Waals surface area contributed by atoms with E-state index in [1.807, 2.05) is 0 Å². The van der Waals surface area contributed by atoms with Crippen molar-refractivity contribution in [1.29, 1.82) is 0 Å². The number of rotatable bonds is 1. The van der Waals surface area contributed by atoms with Gasteiger partial charge in [0.15, 0.2) is 0 Å². The van der Waals surface area contributed by atoms with Crippen LogP contribution in [-0.2, 0) is 0 Å². The van der Waals surface area contributed by atoms with Crippen LogP contribution >= 0.6 is 11.3 Å². The molecule has 0 amide bonds. The second-order valence-corrected chi connectivity index (χ2v) is 4.30. The standard InChI is InChI=1S/C10H7FN4S/c11-6-1-2-7-8(5-6)16-10(13-7)15-4-3-9(12)14-15/h1-5H,(H2,12,14). The van der Waals surface area contributed by atoms with Crippen LogP contribution in [0, 0.1) is 5.82 Å². The molecule has 0 aliphatic carbocycles. The van der Waals surface area contributed by atoms with Crippen LogP contribution < -0.4 is 5.73 Å². The number of halogens is 1. The summed E-state index contributed by atoms with van der Waals surface area (Å²) >= 11 is 1.37. The molecule has 0 saturated heterocycles. The molecule has 16 heavy (non-hydrogen) atoms. The summed E-state index contributed by atoms with van der Waals surface area (Å²) in [4.78, 5) is 4.33. The Morgan fingerprint density at radius 2 is 2.19 bits per heavy atom. The fourth-order valence-electron chi connectivity index (χ4n) is 1.43. The highest BCUT2D eigenvalue weighted by Gasteiger charge is 2.07. The molecule has 6 heteroatoms. The number of nitrogen functional groups attached to an aromatic ring is 1. The minimum absolute atomic E-state index is 0.261. The molecule has 3 rings (SSSR count). The maximum Gasteiger partial charge on any atom is 0.211 e. The summed E-state index contributed by atoms with van der Waals surface area (Å²) in [5, 5.41) is 4.73. The first-order chi connectivity index (χ1) is 7.72. The van der Waals surface area contributed by atoms with Gasteiger partial charge in [0.25, 0.3) is 0 Å². The van der Waals surface area contributed by atoms with Crippen LogP contribution in [0.3, 0.4) is 0 Å². The van der Waals surface area contributed by atoms with E-state index in [0.717, 1.165) is 10.2 Å². The van der Waals surface area contributed by atoms with Gasteiger partial charge < -0.3 is 5.73 Å². The van der Waals surface area contributed by atoms with Crippen molar-refractivity contribution in [2.75, 3.05) is 5.73 Å². The Labute approximate surface area is 94.1 Å². The van der Waals surface area contributed by atoms with E-state index in [2.05, 4.69) is 10.1 Å². The van der Waals surface area contributed by atoms with E-state index in [-0.39, 0.29) is 5.82 Å². The summed E-state index contributed by atoms with van der Waals surface area (Å²) in [7, 11) is 0. The highest BCUT2D eigenvalue weighted by Crippen LogP contribution is 2.25. The third-order valence-corrected chi connectivity index (χ3v) is 3.15. The third-order valence-electron chi connectivity index (χ3n) is 2.14. The Kier molecular flexibility index (Phi) is 1.90. The average Bonchev–Trinajstić information content (AvgIpc) is 2.83. The molecule has 0 spiro atoms. The molecule has 0 aliphatic heterocycles. The summed E-state index contributed by atoms with van der Waals surface area (Å²) in [6.45, 7) is 0. The fraction of sp³-hybridized carbons (Fsp3) is 0. The van der Waals surface area contributed by atoms with Crippen molar-refractivity contribution in [2.45, 2.75) is 0 Å². The lowest BCUT2D eigenvalue weighted by atomic mass is 10.3. The number of fused-ring (bicyclic) bond motifs is 1. The molecule has 0 atom stereocenters. The van der Waals surface area contributed by atoms with Gasteiger partial charge >= 0.3 is 0 Å². The molecular formula is C10H7FN4S. The van der Waals surface area contributed by atoms with E-state index >= 15 is 0 Å². The number of nitrogens with two attached hydrogens (primary N) is 1. The van der Waals surface area contributed by atoms with Crippen molar-refractivity contribution < 1.29 is 4.39 Å². The van der Waals surface area contributed by atoms with Crippen LogP contribution in [0.25, 0.3) is 15.3 Å². The molecule has 0 saturated carbocycles. The number of hydrogen-bond acceptors (Lipinski definition) is 4. The van der Waals surface area contributed by atoms with Gasteiger partial charge in [0.2, 0.25) is 5.13 Å². The number of thiazole rings is 1. The molecular weight excluding hydrogens is 227 g/mol. The van der Waals surface area contributed by atoms with E-state index in [4.69, 9.17) is 5.73 Å². The third kappa shape index (κ3) is 1.43. The first-order valence-electron chi connectivity index (χ1n) is 4.60. The molecule has 0 fully saturated rings. The Morgan fingerprint density at radius 1 is 1.31 bits per heavy atom. The molecule has 2 N–H and O–H groups in total. The number of hydrogen-bond donors (Lipinski definition) is 1. The van der Waals surface area contributed by atoms with Crippen LogP contribution in [0.5, 0.6) is 0 Å². The van der Waals surface area contributed by atoms with E-state index in [9.17, 15) is 4.39 Å². The van der Waals surface area contributed by atoms with Gasteiger partial charge in [-0.05, 0) is 18.2 Å². The monoisotopic (exact) mass is 234 g/mol. The highest BCUT2D eigenvalue weighted by molar-refractivity contribution is 7.20. The molecule has 4 nitrogen and oxygen atoms in total. The summed E-state index contributed by atoms with van der Waals surface area (Å²) < 4.78 is 15.4. The van der Waals surface area contributed by atoms with Crippen LogP contribution in [-0.4, -0.2) is 14.8 Å². The maximum absolute atomic E-state index is 13.0. The van der Waals surface area contributed by atoms with Crippen LogP contribution in [0.4, 0.5) is 10.2 Å². The van der Waals surface area contributed by atoms with Crippen molar-refractivity contribution in [1.82, 2.24) is 14.8 Å². The van der Waals surface area contributed by atoms with E-state index in [0.29, 0.717) is 10.9 Å². The maximum atomic E-state index is 13.0. The largest absolute Gasteiger partial charge is 0.382 e. The Morgan fingerprint density at radius 3 is 2.94 bits per heavy atom. The van der Waals surface area contributed by atoms with Gasteiger partial charge in [-0.1, -0.05) is 11.3 Å². The molecule has 2 aromatic heterocycles. The predicted molar refractivity (Wildman–Crippen MR) is 61.1 cm³/mol. The van der Waals surface area contributed by atoms with E-state index < -0.39 is 0 Å². The zero-order valence-electron chi connectivity index (χ0n) is 8.09. The summed E-state index contributed by atoms with van der Waals surface area (Å²) in [5.74, 6) is 0.174. The first kappa shape index (κ1) is 9.29. The van der Waals surface area contributed by atoms with Gasteiger partial charge in [-0.3, -0.25) is 0 Å². The second kappa shape index (κ2) is 3.28. The van der Waals surface area contributed by atoms with Gasteiger partial charge in [-0.15, -0.1) is 5.10 Å². The number of nitrogens with zero attached hydrogens (tertiary/aromatic N) is 3. The molecule has 0 aliphatic rings. The lowest BCUT2D eigenvalue weighted by Gasteiger charge is -1.90. The van der Waals surface area contributed by atoms with Crippen molar-refractivity contribution in [3.63, 3.8) is 0 Å². The summed E-state index contributed by atoms with van der Waals surface area (Å²) in [6, 6.07) is 6.19. The number of aromatic nitrogens is 3. The molecule has 0 bridgehead atoms. The van der Waals surface area contributed by atoms with Gasteiger partial charge in [0.1, 0.15) is 11.6 Å². The van der Waals surface area contributed by atoms with Crippen molar-refractivity contribution in [2.24, 2.45) is 0 Å².